The summed E-state index contributed by atoms with van der Waals surface area (Å²) in [6.45, 7) is 6.75. The van der Waals surface area contributed by atoms with Gasteiger partial charge in [0.05, 0.1) is 16.7 Å². The van der Waals surface area contributed by atoms with Gasteiger partial charge in [0.25, 0.3) is 0 Å². The summed E-state index contributed by atoms with van der Waals surface area (Å²) in [5.74, 6) is 0. The van der Waals surface area contributed by atoms with Crippen LogP contribution in [-0.2, 0) is 5.41 Å². The Bertz CT molecular complexity index is 1520. The molecule has 0 radical (unpaired) electrons. The second-order valence-corrected chi connectivity index (χ2v) is 9.09. The van der Waals surface area contributed by atoms with E-state index in [0.717, 1.165) is 22.2 Å². The predicted octanol–water partition coefficient (Wildman–Crippen LogP) is 7.98. The molecular weight excluding hydrogens is 366 g/mol. The molecule has 0 saturated heterocycles. The van der Waals surface area contributed by atoms with E-state index in [0.29, 0.717) is 0 Å². The van der Waals surface area contributed by atoms with Gasteiger partial charge in [0.15, 0.2) is 5.58 Å². The van der Waals surface area contributed by atoms with Crippen molar-refractivity contribution < 1.29 is 4.42 Å². The molecule has 2 nitrogen and oxygen atoms in total. The van der Waals surface area contributed by atoms with Crippen molar-refractivity contribution in [2.45, 2.75) is 26.2 Å². The molecule has 4 aromatic carbocycles. The van der Waals surface area contributed by atoms with E-state index in [2.05, 4.69) is 110 Å². The average molecular weight is 389 g/mol. The molecule has 0 bridgehead atoms. The lowest BCUT2D eigenvalue weighted by atomic mass is 9.86. The maximum Gasteiger partial charge on any atom is 0.159 e. The first-order valence-corrected chi connectivity index (χ1v) is 10.5. The van der Waals surface area contributed by atoms with E-state index in [-0.39, 0.29) is 5.41 Å². The molecule has 0 aliphatic rings. The van der Waals surface area contributed by atoms with Crippen LogP contribution < -0.4 is 0 Å². The molecule has 0 aliphatic heterocycles. The molecule has 2 heterocycles. The molecule has 0 fully saturated rings. The van der Waals surface area contributed by atoms with Crippen molar-refractivity contribution in [3.8, 4) is 5.69 Å². The highest BCUT2D eigenvalue weighted by Gasteiger charge is 2.19. The Morgan fingerprint density at radius 1 is 0.633 bits per heavy atom. The van der Waals surface area contributed by atoms with Gasteiger partial charge in [0.2, 0.25) is 0 Å². The Labute approximate surface area is 175 Å². The third-order valence-corrected chi connectivity index (χ3v) is 6.16. The smallest absolute Gasteiger partial charge is 0.159 e. The second kappa shape index (κ2) is 5.99. The average Bonchev–Trinajstić information content (AvgIpc) is 3.28. The number of para-hydroxylation sites is 3. The van der Waals surface area contributed by atoms with Crippen molar-refractivity contribution in [1.29, 1.82) is 0 Å². The Morgan fingerprint density at radius 2 is 1.27 bits per heavy atom. The molecule has 0 saturated carbocycles. The molecule has 6 aromatic rings. The Balaban J connectivity index is 1.74. The molecule has 2 heteroatoms. The number of fused-ring (bicyclic) bond motifs is 6. The van der Waals surface area contributed by atoms with E-state index in [1.165, 1.54) is 32.8 Å². The summed E-state index contributed by atoms with van der Waals surface area (Å²) < 4.78 is 8.79. The maximum absolute atomic E-state index is 6.45. The quantitative estimate of drug-likeness (QED) is 0.279. The van der Waals surface area contributed by atoms with Crippen LogP contribution in [0.15, 0.2) is 89.3 Å². The molecule has 0 N–H and O–H groups in total. The molecular formula is C28H23NO. The van der Waals surface area contributed by atoms with Gasteiger partial charge in [-0.3, -0.25) is 0 Å². The normalized spacial score (nSPS) is 12.5. The van der Waals surface area contributed by atoms with E-state index >= 15 is 0 Å². The number of rotatable bonds is 1. The first-order chi connectivity index (χ1) is 14.5. The first kappa shape index (κ1) is 17.3. The predicted molar refractivity (Wildman–Crippen MR) is 127 cm³/mol. The fourth-order valence-electron chi connectivity index (χ4n) is 4.61. The van der Waals surface area contributed by atoms with Crippen LogP contribution in [-0.4, -0.2) is 4.57 Å². The SMILES string of the molecule is CC(C)(C)c1ccc2oc3c(-n4c5ccccc5c5ccccc54)cccc3c2c1. The van der Waals surface area contributed by atoms with Crippen LogP contribution in [0.2, 0.25) is 0 Å². The number of hydrogen-bond acceptors (Lipinski definition) is 1. The lowest BCUT2D eigenvalue weighted by Gasteiger charge is -2.18. The third kappa shape index (κ3) is 2.37. The van der Waals surface area contributed by atoms with Crippen LogP contribution in [0.5, 0.6) is 0 Å². The van der Waals surface area contributed by atoms with Crippen molar-refractivity contribution in [2.24, 2.45) is 0 Å². The number of furan rings is 1. The van der Waals surface area contributed by atoms with Crippen molar-refractivity contribution in [3.05, 3.63) is 90.5 Å². The van der Waals surface area contributed by atoms with Crippen LogP contribution in [0, 0.1) is 0 Å². The summed E-state index contributed by atoms with van der Waals surface area (Å²) in [5.41, 5.74) is 6.76. The van der Waals surface area contributed by atoms with Gasteiger partial charge < -0.3 is 8.98 Å². The van der Waals surface area contributed by atoms with E-state index in [4.69, 9.17) is 4.42 Å². The Hall–Kier alpha value is -3.52. The fraction of sp³-hybridized carbons (Fsp3) is 0.143. The van der Waals surface area contributed by atoms with Crippen LogP contribution >= 0.6 is 0 Å². The van der Waals surface area contributed by atoms with Gasteiger partial charge >= 0.3 is 0 Å². The van der Waals surface area contributed by atoms with Gasteiger partial charge in [0, 0.05) is 21.5 Å². The number of aromatic nitrogens is 1. The number of hydrogen-bond donors (Lipinski definition) is 0. The highest BCUT2D eigenvalue weighted by molar-refractivity contribution is 6.12. The Morgan fingerprint density at radius 3 is 1.93 bits per heavy atom. The zero-order valence-electron chi connectivity index (χ0n) is 17.4. The maximum atomic E-state index is 6.45. The lowest BCUT2D eigenvalue weighted by molar-refractivity contribution is 0.590. The molecule has 0 spiro atoms. The van der Waals surface area contributed by atoms with Gasteiger partial charge in [-0.1, -0.05) is 75.4 Å². The second-order valence-electron chi connectivity index (χ2n) is 9.09. The van der Waals surface area contributed by atoms with Crippen LogP contribution in [0.1, 0.15) is 26.3 Å². The lowest BCUT2D eigenvalue weighted by Crippen LogP contribution is -2.10. The minimum atomic E-state index is 0.0994. The zero-order chi connectivity index (χ0) is 20.5. The highest BCUT2D eigenvalue weighted by Crippen LogP contribution is 2.38. The summed E-state index contributed by atoms with van der Waals surface area (Å²) in [4.78, 5) is 0. The van der Waals surface area contributed by atoms with Crippen molar-refractivity contribution in [1.82, 2.24) is 4.57 Å². The van der Waals surface area contributed by atoms with Gasteiger partial charge in [-0.25, -0.2) is 0 Å². The van der Waals surface area contributed by atoms with Crippen LogP contribution in [0.3, 0.4) is 0 Å². The molecule has 0 amide bonds. The molecule has 6 rings (SSSR count). The van der Waals surface area contributed by atoms with E-state index in [1.807, 2.05) is 0 Å². The molecule has 0 aliphatic carbocycles. The molecule has 30 heavy (non-hydrogen) atoms. The first-order valence-electron chi connectivity index (χ1n) is 10.5. The summed E-state index contributed by atoms with van der Waals surface area (Å²) in [7, 11) is 0. The van der Waals surface area contributed by atoms with Gasteiger partial charge in [0.1, 0.15) is 5.58 Å². The fourth-order valence-corrected chi connectivity index (χ4v) is 4.61. The van der Waals surface area contributed by atoms with E-state index < -0.39 is 0 Å². The highest BCUT2D eigenvalue weighted by atomic mass is 16.3. The van der Waals surface area contributed by atoms with Gasteiger partial charge in [-0.05, 0) is 41.3 Å². The summed E-state index contributed by atoms with van der Waals surface area (Å²) in [6, 6.07) is 30.3. The van der Waals surface area contributed by atoms with Crippen molar-refractivity contribution in [3.63, 3.8) is 0 Å². The monoisotopic (exact) mass is 389 g/mol. The van der Waals surface area contributed by atoms with Gasteiger partial charge in [-0.2, -0.15) is 0 Å². The van der Waals surface area contributed by atoms with Crippen LogP contribution in [0.4, 0.5) is 0 Å². The standard InChI is InChI=1S/C28H23NO/c1-28(2,3)18-15-16-26-22(17-18)21-11-8-14-25(27(21)30-26)29-23-12-6-4-9-19(23)20-10-5-7-13-24(20)29/h4-17H,1-3H3. The third-order valence-electron chi connectivity index (χ3n) is 6.16. The van der Waals surface area contributed by atoms with Gasteiger partial charge in [-0.15, -0.1) is 0 Å². The number of benzene rings is 4. The minimum Gasteiger partial charge on any atom is -0.454 e. The van der Waals surface area contributed by atoms with Crippen LogP contribution in [0.25, 0.3) is 49.4 Å². The summed E-state index contributed by atoms with van der Waals surface area (Å²) in [5, 5.41) is 4.86. The van der Waals surface area contributed by atoms with E-state index in [9.17, 15) is 0 Å². The summed E-state index contributed by atoms with van der Waals surface area (Å²) in [6.07, 6.45) is 0. The van der Waals surface area contributed by atoms with Crippen molar-refractivity contribution in [2.75, 3.05) is 0 Å². The summed E-state index contributed by atoms with van der Waals surface area (Å²) >= 11 is 0. The molecule has 146 valence electrons. The molecule has 2 aromatic heterocycles. The number of nitrogens with zero attached hydrogens (tertiary/aromatic N) is 1. The topological polar surface area (TPSA) is 18.1 Å². The molecule has 0 atom stereocenters. The minimum absolute atomic E-state index is 0.0994. The molecule has 0 unspecified atom stereocenters. The largest absolute Gasteiger partial charge is 0.454 e. The zero-order valence-corrected chi connectivity index (χ0v) is 17.4. The Kier molecular flexibility index (Phi) is 3.47. The van der Waals surface area contributed by atoms with Crippen molar-refractivity contribution >= 4 is 43.7 Å². The van der Waals surface area contributed by atoms with E-state index in [1.54, 1.807) is 0 Å².